The molecule has 0 bridgehead atoms. The van der Waals surface area contributed by atoms with Crippen LogP contribution in [0.3, 0.4) is 0 Å². The second kappa shape index (κ2) is 11.7. The molecule has 2 heterocycles. The molecule has 3 aromatic rings. The van der Waals surface area contributed by atoms with Crippen molar-refractivity contribution in [3.05, 3.63) is 88.7 Å². The van der Waals surface area contributed by atoms with E-state index in [9.17, 15) is 9.59 Å². The number of aromatic nitrogens is 1. The van der Waals surface area contributed by atoms with Crippen LogP contribution in [0.15, 0.2) is 60.9 Å². The Hall–Kier alpha value is -3.87. The number of pyridine rings is 1. The zero-order valence-electron chi connectivity index (χ0n) is 21.2. The largest absolute Gasteiger partial charge is 0.497 e. The van der Waals surface area contributed by atoms with Crippen molar-refractivity contribution in [2.24, 2.45) is 0 Å². The van der Waals surface area contributed by atoms with Gasteiger partial charge in [-0.25, -0.2) is 0 Å². The molecule has 1 fully saturated rings. The molecule has 36 heavy (non-hydrogen) atoms. The summed E-state index contributed by atoms with van der Waals surface area (Å²) in [6.07, 6.45) is 4.67. The SMILES string of the molecule is COc1ccc(CCC(=O)N2CCN(C(=O)c3cc(C)c(OCc4cccnc4)c(C)c3)CC2)cc1. The summed E-state index contributed by atoms with van der Waals surface area (Å²) in [7, 11) is 1.64. The molecular weight excluding hydrogens is 454 g/mol. The van der Waals surface area contributed by atoms with Gasteiger partial charge in [0.1, 0.15) is 18.1 Å². The van der Waals surface area contributed by atoms with E-state index in [2.05, 4.69) is 4.98 Å². The summed E-state index contributed by atoms with van der Waals surface area (Å²) in [5, 5.41) is 0. The second-order valence-electron chi connectivity index (χ2n) is 9.11. The fraction of sp³-hybridized carbons (Fsp3) is 0.345. The van der Waals surface area contributed by atoms with Crippen LogP contribution in [-0.2, 0) is 17.8 Å². The lowest BCUT2D eigenvalue weighted by molar-refractivity contribution is -0.132. The zero-order valence-corrected chi connectivity index (χ0v) is 21.2. The van der Waals surface area contributed by atoms with Crippen LogP contribution < -0.4 is 9.47 Å². The fourth-order valence-corrected chi connectivity index (χ4v) is 4.48. The molecule has 0 spiro atoms. The van der Waals surface area contributed by atoms with E-state index in [1.165, 1.54) is 0 Å². The smallest absolute Gasteiger partial charge is 0.253 e. The number of rotatable bonds is 8. The highest BCUT2D eigenvalue weighted by Gasteiger charge is 2.25. The summed E-state index contributed by atoms with van der Waals surface area (Å²) in [4.78, 5) is 33.7. The van der Waals surface area contributed by atoms with Crippen LogP contribution in [0.1, 0.15) is 39.0 Å². The molecule has 0 saturated carbocycles. The summed E-state index contributed by atoms with van der Waals surface area (Å²) in [5.41, 5.74) is 4.60. The van der Waals surface area contributed by atoms with Crippen molar-refractivity contribution in [2.45, 2.75) is 33.3 Å². The molecule has 0 unspecified atom stereocenters. The van der Waals surface area contributed by atoms with Crippen LogP contribution in [0.25, 0.3) is 0 Å². The highest BCUT2D eigenvalue weighted by molar-refractivity contribution is 5.95. The number of aryl methyl sites for hydroxylation is 3. The highest BCUT2D eigenvalue weighted by atomic mass is 16.5. The first-order valence-electron chi connectivity index (χ1n) is 12.3. The van der Waals surface area contributed by atoms with E-state index >= 15 is 0 Å². The molecule has 1 aliphatic heterocycles. The average molecular weight is 488 g/mol. The third-order valence-electron chi connectivity index (χ3n) is 6.52. The van der Waals surface area contributed by atoms with Crippen LogP contribution in [0.4, 0.5) is 0 Å². The molecule has 2 amide bonds. The van der Waals surface area contributed by atoms with E-state index in [0.29, 0.717) is 51.2 Å². The third kappa shape index (κ3) is 6.22. The van der Waals surface area contributed by atoms with E-state index in [1.807, 2.05) is 72.2 Å². The van der Waals surface area contributed by atoms with Crippen molar-refractivity contribution < 1.29 is 19.1 Å². The van der Waals surface area contributed by atoms with Crippen molar-refractivity contribution >= 4 is 11.8 Å². The van der Waals surface area contributed by atoms with E-state index < -0.39 is 0 Å². The van der Waals surface area contributed by atoms with Gasteiger partial charge in [-0.2, -0.15) is 0 Å². The van der Waals surface area contributed by atoms with Gasteiger partial charge in [0.05, 0.1) is 7.11 Å². The third-order valence-corrected chi connectivity index (χ3v) is 6.52. The standard InChI is InChI=1S/C29H33N3O4/c1-21-17-25(18-22(2)28(21)36-20-24-5-4-12-30-19-24)29(34)32-15-13-31(14-16-32)27(33)11-8-23-6-9-26(35-3)10-7-23/h4-7,9-10,12,17-19H,8,11,13-16,20H2,1-3H3. The molecule has 188 valence electrons. The van der Waals surface area contributed by atoms with Crippen LogP contribution >= 0.6 is 0 Å². The van der Waals surface area contributed by atoms with Gasteiger partial charge in [-0.15, -0.1) is 0 Å². The normalized spacial score (nSPS) is 13.4. The minimum absolute atomic E-state index is 0.00894. The Morgan fingerprint density at radius 2 is 1.58 bits per heavy atom. The summed E-state index contributed by atoms with van der Waals surface area (Å²) in [6.45, 7) is 6.52. The monoisotopic (exact) mass is 487 g/mol. The molecule has 0 N–H and O–H groups in total. The number of piperazine rings is 1. The Morgan fingerprint density at radius 3 is 2.19 bits per heavy atom. The van der Waals surface area contributed by atoms with Crippen LogP contribution in [0.5, 0.6) is 11.5 Å². The molecule has 0 atom stereocenters. The quantitative estimate of drug-likeness (QED) is 0.476. The lowest BCUT2D eigenvalue weighted by atomic mass is 10.0. The number of carbonyl (C=O) groups is 2. The van der Waals surface area contributed by atoms with Gasteiger partial charge in [0.25, 0.3) is 5.91 Å². The molecule has 1 saturated heterocycles. The lowest BCUT2D eigenvalue weighted by Crippen LogP contribution is -2.50. The van der Waals surface area contributed by atoms with Crippen LogP contribution in [-0.4, -0.2) is 59.9 Å². The van der Waals surface area contributed by atoms with E-state index in [4.69, 9.17) is 9.47 Å². The number of amides is 2. The van der Waals surface area contributed by atoms with Crippen molar-refractivity contribution in [1.82, 2.24) is 14.8 Å². The number of benzene rings is 2. The van der Waals surface area contributed by atoms with Gasteiger partial charge in [0.2, 0.25) is 5.91 Å². The van der Waals surface area contributed by atoms with Crippen LogP contribution in [0.2, 0.25) is 0 Å². The Labute approximate surface area is 212 Å². The minimum Gasteiger partial charge on any atom is -0.497 e. The summed E-state index contributed by atoms with van der Waals surface area (Å²) < 4.78 is 11.2. The Bertz CT molecular complexity index is 1160. The number of methoxy groups -OCH3 is 1. The van der Waals surface area contributed by atoms with Gasteiger partial charge in [-0.1, -0.05) is 18.2 Å². The van der Waals surface area contributed by atoms with Gasteiger partial charge in [0.15, 0.2) is 0 Å². The maximum Gasteiger partial charge on any atom is 0.253 e. The molecular formula is C29H33N3O4. The predicted molar refractivity (Wildman–Crippen MR) is 138 cm³/mol. The van der Waals surface area contributed by atoms with Crippen molar-refractivity contribution in [1.29, 1.82) is 0 Å². The molecule has 7 nitrogen and oxygen atoms in total. The van der Waals surface area contributed by atoms with E-state index in [0.717, 1.165) is 33.8 Å². The first-order valence-corrected chi connectivity index (χ1v) is 12.3. The average Bonchev–Trinajstić information content (AvgIpc) is 2.91. The Kier molecular flexibility index (Phi) is 8.21. The number of hydrogen-bond donors (Lipinski definition) is 0. The molecule has 1 aromatic heterocycles. The van der Waals surface area contributed by atoms with Gasteiger partial charge >= 0.3 is 0 Å². The topological polar surface area (TPSA) is 72.0 Å². The molecule has 2 aromatic carbocycles. The van der Waals surface area contributed by atoms with Crippen molar-refractivity contribution in [2.75, 3.05) is 33.3 Å². The Balaban J connectivity index is 1.29. The number of carbonyl (C=O) groups excluding carboxylic acids is 2. The maximum atomic E-state index is 13.2. The van der Waals surface area contributed by atoms with Crippen molar-refractivity contribution in [3.63, 3.8) is 0 Å². The summed E-state index contributed by atoms with van der Waals surface area (Å²) >= 11 is 0. The van der Waals surface area contributed by atoms with Gasteiger partial charge < -0.3 is 19.3 Å². The maximum absolute atomic E-state index is 13.2. The van der Waals surface area contributed by atoms with Gasteiger partial charge in [-0.05, 0) is 67.3 Å². The van der Waals surface area contributed by atoms with E-state index in [1.54, 1.807) is 19.5 Å². The fourth-order valence-electron chi connectivity index (χ4n) is 4.48. The van der Waals surface area contributed by atoms with Gasteiger partial charge in [-0.3, -0.25) is 14.6 Å². The predicted octanol–water partition coefficient (Wildman–Crippen LogP) is 4.20. The number of nitrogens with zero attached hydrogens (tertiary/aromatic N) is 3. The highest BCUT2D eigenvalue weighted by Crippen LogP contribution is 2.27. The zero-order chi connectivity index (χ0) is 25.5. The number of hydrogen-bond acceptors (Lipinski definition) is 5. The second-order valence-corrected chi connectivity index (χ2v) is 9.11. The Morgan fingerprint density at radius 1 is 0.917 bits per heavy atom. The molecule has 0 aliphatic carbocycles. The summed E-state index contributed by atoms with van der Waals surface area (Å²) in [6, 6.07) is 15.4. The molecule has 7 heteroatoms. The van der Waals surface area contributed by atoms with Gasteiger partial charge in [0, 0.05) is 56.1 Å². The molecule has 0 radical (unpaired) electrons. The first-order chi connectivity index (χ1) is 17.4. The van der Waals surface area contributed by atoms with E-state index in [-0.39, 0.29) is 11.8 Å². The lowest BCUT2D eigenvalue weighted by Gasteiger charge is -2.35. The number of ether oxygens (including phenoxy) is 2. The first kappa shape index (κ1) is 25.2. The van der Waals surface area contributed by atoms with Crippen molar-refractivity contribution in [3.8, 4) is 11.5 Å². The molecule has 4 rings (SSSR count). The minimum atomic E-state index is -0.00894. The molecule has 1 aliphatic rings. The van der Waals surface area contributed by atoms with Crippen LogP contribution in [0, 0.1) is 13.8 Å². The summed E-state index contributed by atoms with van der Waals surface area (Å²) in [5.74, 6) is 1.72.